The van der Waals surface area contributed by atoms with E-state index in [1.807, 2.05) is 6.07 Å². The molecule has 1 aliphatic heterocycles. The van der Waals surface area contributed by atoms with E-state index in [0.717, 1.165) is 12.1 Å². The lowest BCUT2D eigenvalue weighted by molar-refractivity contribution is -0.136. The fourth-order valence-electron chi connectivity index (χ4n) is 3.96. The van der Waals surface area contributed by atoms with Crippen molar-refractivity contribution in [3.63, 3.8) is 0 Å². The number of likely N-dealkylation sites (N-methyl/N-ethyl adjacent to an activating group) is 1. The number of aliphatic hydroxyl groups is 1. The standard InChI is InChI=1S/C22H20F2N2O4/c1-26(22(29)15(9-27)12-5-3-2-4-6-12)19-11-30-10-18-20(19)13-7-16(23)17(24)8-14(13)21(28)25-18/h2-8,15,19,27H,9-11H2,1H3,(H,25,28)/t15-,19+/m1/s1. The van der Waals surface area contributed by atoms with Crippen LogP contribution in [-0.2, 0) is 16.1 Å². The van der Waals surface area contributed by atoms with Gasteiger partial charge < -0.3 is 19.7 Å². The van der Waals surface area contributed by atoms with Crippen molar-refractivity contribution in [2.24, 2.45) is 0 Å². The Balaban J connectivity index is 1.80. The first-order valence-corrected chi connectivity index (χ1v) is 9.46. The maximum Gasteiger partial charge on any atom is 0.256 e. The summed E-state index contributed by atoms with van der Waals surface area (Å²) in [4.78, 5) is 29.6. The summed E-state index contributed by atoms with van der Waals surface area (Å²) in [6.07, 6.45) is 0. The van der Waals surface area contributed by atoms with E-state index < -0.39 is 29.2 Å². The third kappa shape index (κ3) is 3.38. The Morgan fingerprint density at radius 2 is 1.90 bits per heavy atom. The molecule has 30 heavy (non-hydrogen) atoms. The van der Waals surface area contributed by atoms with Crippen molar-refractivity contribution in [2.45, 2.75) is 18.6 Å². The Hall–Kier alpha value is -3.10. The van der Waals surface area contributed by atoms with Crippen molar-refractivity contribution in [1.82, 2.24) is 9.88 Å². The molecule has 6 nitrogen and oxygen atoms in total. The van der Waals surface area contributed by atoms with E-state index in [1.54, 1.807) is 31.3 Å². The molecule has 3 aromatic rings. The van der Waals surface area contributed by atoms with Crippen LogP contribution in [0.2, 0.25) is 0 Å². The average Bonchev–Trinajstić information content (AvgIpc) is 2.75. The number of hydrogen-bond donors (Lipinski definition) is 2. The molecule has 0 saturated carbocycles. The van der Waals surface area contributed by atoms with E-state index in [9.17, 15) is 23.5 Å². The fraction of sp³-hybridized carbons (Fsp3) is 0.273. The number of amides is 1. The molecule has 0 spiro atoms. The molecule has 0 radical (unpaired) electrons. The van der Waals surface area contributed by atoms with E-state index in [-0.39, 0.29) is 36.5 Å². The highest BCUT2D eigenvalue weighted by atomic mass is 19.2. The van der Waals surface area contributed by atoms with Crippen LogP contribution in [0.1, 0.15) is 28.8 Å². The number of aromatic nitrogens is 1. The van der Waals surface area contributed by atoms with Crippen LogP contribution in [0.5, 0.6) is 0 Å². The Morgan fingerprint density at radius 1 is 1.23 bits per heavy atom. The van der Waals surface area contributed by atoms with Gasteiger partial charge in [-0.25, -0.2) is 8.78 Å². The molecule has 2 atom stereocenters. The zero-order valence-corrected chi connectivity index (χ0v) is 16.2. The molecule has 2 N–H and O–H groups in total. The van der Waals surface area contributed by atoms with Gasteiger partial charge in [0, 0.05) is 18.3 Å². The molecule has 0 saturated heterocycles. The van der Waals surface area contributed by atoms with E-state index in [2.05, 4.69) is 4.98 Å². The van der Waals surface area contributed by atoms with Crippen LogP contribution in [0, 0.1) is 11.6 Å². The largest absolute Gasteiger partial charge is 0.395 e. The number of aromatic amines is 1. The van der Waals surface area contributed by atoms with Gasteiger partial charge in [0.05, 0.1) is 37.2 Å². The number of H-pyrrole nitrogens is 1. The van der Waals surface area contributed by atoms with Gasteiger partial charge in [-0.3, -0.25) is 9.59 Å². The maximum absolute atomic E-state index is 14.0. The summed E-state index contributed by atoms with van der Waals surface area (Å²) in [5.41, 5.74) is 1.02. The molecule has 0 unspecified atom stereocenters. The Morgan fingerprint density at radius 3 is 2.57 bits per heavy atom. The number of carbonyl (C=O) groups is 1. The second-order valence-corrected chi connectivity index (χ2v) is 7.28. The smallest absolute Gasteiger partial charge is 0.256 e. The summed E-state index contributed by atoms with van der Waals surface area (Å²) in [7, 11) is 1.56. The van der Waals surface area contributed by atoms with Gasteiger partial charge in [0.15, 0.2) is 11.6 Å². The zero-order valence-electron chi connectivity index (χ0n) is 16.2. The monoisotopic (exact) mass is 414 g/mol. The van der Waals surface area contributed by atoms with Gasteiger partial charge in [0.1, 0.15) is 0 Å². The third-order valence-corrected chi connectivity index (χ3v) is 5.54. The van der Waals surface area contributed by atoms with Crippen LogP contribution in [0.15, 0.2) is 47.3 Å². The van der Waals surface area contributed by atoms with Crippen molar-refractivity contribution < 1.29 is 23.4 Å². The number of hydrogen-bond acceptors (Lipinski definition) is 4. The van der Waals surface area contributed by atoms with Crippen molar-refractivity contribution in [3.8, 4) is 0 Å². The van der Waals surface area contributed by atoms with Gasteiger partial charge in [-0.15, -0.1) is 0 Å². The summed E-state index contributed by atoms with van der Waals surface area (Å²) < 4.78 is 33.3. The third-order valence-electron chi connectivity index (χ3n) is 5.54. The molecule has 4 rings (SSSR count). The Bertz CT molecular complexity index is 1160. The van der Waals surface area contributed by atoms with Crippen LogP contribution < -0.4 is 5.56 Å². The first-order chi connectivity index (χ1) is 14.4. The topological polar surface area (TPSA) is 82.6 Å². The normalized spacial score (nSPS) is 16.9. The number of fused-ring (bicyclic) bond motifs is 3. The summed E-state index contributed by atoms with van der Waals surface area (Å²) in [6, 6.07) is 10.1. The number of aliphatic hydroxyl groups excluding tert-OH is 1. The van der Waals surface area contributed by atoms with Gasteiger partial charge >= 0.3 is 0 Å². The van der Waals surface area contributed by atoms with E-state index >= 15 is 0 Å². The molecule has 8 heteroatoms. The lowest BCUT2D eigenvalue weighted by atomic mass is 9.93. The second kappa shape index (κ2) is 7.97. The SMILES string of the molecule is CN(C(=O)[C@H](CO)c1ccccc1)[C@H]1COCc2[nH]c(=O)c3cc(F)c(F)cc3c21. The van der Waals surface area contributed by atoms with E-state index in [0.29, 0.717) is 16.8 Å². The molecule has 0 fully saturated rings. The summed E-state index contributed by atoms with van der Waals surface area (Å²) >= 11 is 0. The quantitative estimate of drug-likeness (QED) is 0.688. The molecular weight excluding hydrogens is 394 g/mol. The molecular formula is C22H20F2N2O4. The Labute approximate surface area is 170 Å². The van der Waals surface area contributed by atoms with Crippen LogP contribution in [0.4, 0.5) is 8.78 Å². The molecule has 0 aliphatic carbocycles. The van der Waals surface area contributed by atoms with Crippen molar-refractivity contribution >= 4 is 16.7 Å². The number of nitrogens with one attached hydrogen (secondary N) is 1. The number of rotatable bonds is 4. The number of halogens is 2. The summed E-state index contributed by atoms with van der Waals surface area (Å²) in [5.74, 6) is -3.34. The molecule has 156 valence electrons. The summed E-state index contributed by atoms with van der Waals surface area (Å²) in [6.45, 7) is -0.192. The Kier molecular flexibility index (Phi) is 5.36. The molecule has 2 aromatic carbocycles. The minimum absolute atomic E-state index is 0.00201. The predicted octanol–water partition coefficient (Wildman–Crippen LogP) is 2.61. The molecule has 1 aliphatic rings. The maximum atomic E-state index is 14.0. The van der Waals surface area contributed by atoms with E-state index in [4.69, 9.17) is 4.74 Å². The molecule has 1 amide bonds. The number of carbonyl (C=O) groups excluding carboxylic acids is 1. The number of ether oxygens (including phenoxy) is 1. The van der Waals surface area contributed by atoms with Crippen molar-refractivity contribution in [3.05, 3.63) is 81.3 Å². The van der Waals surface area contributed by atoms with Crippen LogP contribution in [0.3, 0.4) is 0 Å². The second-order valence-electron chi connectivity index (χ2n) is 7.28. The minimum atomic E-state index is -1.12. The van der Waals surface area contributed by atoms with Gasteiger partial charge in [-0.1, -0.05) is 30.3 Å². The fourth-order valence-corrected chi connectivity index (χ4v) is 3.96. The highest BCUT2D eigenvalue weighted by molar-refractivity contribution is 5.88. The van der Waals surface area contributed by atoms with Crippen LogP contribution in [-0.4, -0.2) is 41.2 Å². The first kappa shape index (κ1) is 20.2. The molecule has 2 heterocycles. The number of benzene rings is 2. The first-order valence-electron chi connectivity index (χ1n) is 9.46. The van der Waals surface area contributed by atoms with Gasteiger partial charge in [-0.2, -0.15) is 0 Å². The lowest BCUT2D eigenvalue weighted by Gasteiger charge is -2.35. The highest BCUT2D eigenvalue weighted by Gasteiger charge is 2.34. The summed E-state index contributed by atoms with van der Waals surface area (Å²) in [5, 5.41) is 10.1. The number of pyridine rings is 1. The molecule has 1 aromatic heterocycles. The van der Waals surface area contributed by atoms with Crippen LogP contribution >= 0.6 is 0 Å². The molecule has 0 bridgehead atoms. The lowest BCUT2D eigenvalue weighted by Crippen LogP contribution is -2.40. The number of nitrogens with zero attached hydrogens (tertiary/aromatic N) is 1. The van der Waals surface area contributed by atoms with E-state index in [1.165, 1.54) is 4.90 Å². The van der Waals surface area contributed by atoms with Gasteiger partial charge in [0.2, 0.25) is 5.91 Å². The van der Waals surface area contributed by atoms with Crippen molar-refractivity contribution in [1.29, 1.82) is 0 Å². The van der Waals surface area contributed by atoms with Gasteiger partial charge in [-0.05, 0) is 23.1 Å². The zero-order chi connectivity index (χ0) is 21.4. The van der Waals surface area contributed by atoms with Gasteiger partial charge in [0.25, 0.3) is 5.56 Å². The van der Waals surface area contributed by atoms with Crippen LogP contribution in [0.25, 0.3) is 10.8 Å². The average molecular weight is 414 g/mol. The highest BCUT2D eigenvalue weighted by Crippen LogP contribution is 2.35. The predicted molar refractivity (Wildman–Crippen MR) is 106 cm³/mol. The van der Waals surface area contributed by atoms with Crippen molar-refractivity contribution in [2.75, 3.05) is 20.3 Å². The minimum Gasteiger partial charge on any atom is -0.395 e.